The number of carbonyl (C=O) groups excluding carboxylic acids is 2. The number of benzene rings is 4. The fraction of sp³-hybridized carbons (Fsp3) is 0.297. The molecule has 0 spiro atoms. The second-order valence-electron chi connectivity index (χ2n) is 11.3. The molecule has 216 valence electrons. The van der Waals surface area contributed by atoms with E-state index in [1.165, 1.54) is 6.42 Å². The maximum Gasteiger partial charge on any atom is 0.243 e. The van der Waals surface area contributed by atoms with Crippen LogP contribution in [0.15, 0.2) is 120 Å². The molecule has 5 rings (SSSR count). The van der Waals surface area contributed by atoms with E-state index in [-0.39, 0.29) is 30.2 Å². The van der Waals surface area contributed by atoms with Crippen molar-refractivity contribution in [2.45, 2.75) is 69.5 Å². The third-order valence-corrected chi connectivity index (χ3v) is 8.74. The van der Waals surface area contributed by atoms with Crippen LogP contribution in [0.5, 0.6) is 0 Å². The minimum Gasteiger partial charge on any atom is -0.352 e. The van der Waals surface area contributed by atoms with Crippen molar-refractivity contribution in [2.24, 2.45) is 0 Å². The van der Waals surface area contributed by atoms with E-state index in [9.17, 15) is 9.59 Å². The molecular weight excluding hydrogens is 584 g/mol. The number of halogens is 1. The first kappa shape index (κ1) is 29.8. The van der Waals surface area contributed by atoms with Gasteiger partial charge in [0.25, 0.3) is 0 Å². The summed E-state index contributed by atoms with van der Waals surface area (Å²) in [5.74, 6) is -0.221. The summed E-state index contributed by atoms with van der Waals surface area (Å²) in [7, 11) is 0. The summed E-state index contributed by atoms with van der Waals surface area (Å²) in [4.78, 5) is 30.5. The fourth-order valence-corrected chi connectivity index (χ4v) is 6.47. The molecule has 0 aromatic heterocycles. The molecule has 0 heterocycles. The van der Waals surface area contributed by atoms with Gasteiger partial charge < -0.3 is 10.2 Å². The Morgan fingerprint density at radius 2 is 1.31 bits per heavy atom. The SMILES string of the molecule is O=C(NC1CCCCC1)C(Cc1ccccc1)N(Cc1cccc(Br)c1)C(=O)CC(c1ccccc1)c1ccccc1. The van der Waals surface area contributed by atoms with E-state index < -0.39 is 6.04 Å². The quantitative estimate of drug-likeness (QED) is 0.184. The Morgan fingerprint density at radius 1 is 0.738 bits per heavy atom. The first-order valence-corrected chi connectivity index (χ1v) is 15.8. The molecule has 4 aromatic rings. The van der Waals surface area contributed by atoms with Crippen molar-refractivity contribution in [3.8, 4) is 0 Å². The third-order valence-electron chi connectivity index (χ3n) is 8.25. The number of hydrogen-bond donors (Lipinski definition) is 1. The van der Waals surface area contributed by atoms with Gasteiger partial charge in [0.05, 0.1) is 0 Å². The highest BCUT2D eigenvalue weighted by Crippen LogP contribution is 2.30. The normalized spacial score (nSPS) is 14.3. The van der Waals surface area contributed by atoms with Crippen molar-refractivity contribution in [3.63, 3.8) is 0 Å². The van der Waals surface area contributed by atoms with Crippen molar-refractivity contribution in [2.75, 3.05) is 0 Å². The first-order valence-electron chi connectivity index (χ1n) is 15.0. The number of amides is 2. The zero-order chi connectivity index (χ0) is 29.1. The molecule has 1 saturated carbocycles. The van der Waals surface area contributed by atoms with Gasteiger partial charge in [0, 0.05) is 35.8 Å². The summed E-state index contributed by atoms with van der Waals surface area (Å²) in [6, 6.07) is 38.0. The topological polar surface area (TPSA) is 49.4 Å². The molecule has 1 fully saturated rings. The highest BCUT2D eigenvalue weighted by atomic mass is 79.9. The third kappa shape index (κ3) is 8.19. The zero-order valence-electron chi connectivity index (χ0n) is 24.0. The lowest BCUT2D eigenvalue weighted by Crippen LogP contribution is -2.53. The van der Waals surface area contributed by atoms with E-state index in [0.717, 1.165) is 52.4 Å². The van der Waals surface area contributed by atoms with Crippen LogP contribution in [-0.2, 0) is 22.6 Å². The minimum absolute atomic E-state index is 0.0348. The molecule has 1 aliphatic carbocycles. The van der Waals surface area contributed by atoms with E-state index in [4.69, 9.17) is 0 Å². The molecule has 2 amide bonds. The van der Waals surface area contributed by atoms with Gasteiger partial charge in [-0.3, -0.25) is 9.59 Å². The highest BCUT2D eigenvalue weighted by Gasteiger charge is 2.33. The van der Waals surface area contributed by atoms with Crippen molar-refractivity contribution in [1.29, 1.82) is 0 Å². The van der Waals surface area contributed by atoms with E-state index in [1.54, 1.807) is 0 Å². The van der Waals surface area contributed by atoms with Crippen LogP contribution in [0.2, 0.25) is 0 Å². The number of nitrogens with zero attached hydrogens (tertiary/aromatic N) is 1. The monoisotopic (exact) mass is 622 g/mol. The Hall–Kier alpha value is -3.70. The molecule has 42 heavy (non-hydrogen) atoms. The predicted octanol–water partition coefficient (Wildman–Crippen LogP) is 8.06. The predicted molar refractivity (Wildman–Crippen MR) is 173 cm³/mol. The average molecular weight is 624 g/mol. The van der Waals surface area contributed by atoms with Crippen LogP contribution in [0.4, 0.5) is 0 Å². The Kier molecular flexibility index (Phi) is 10.6. The molecular formula is C37H39BrN2O2. The van der Waals surface area contributed by atoms with Gasteiger partial charge in [-0.05, 0) is 47.2 Å². The van der Waals surface area contributed by atoms with Gasteiger partial charge in [0.15, 0.2) is 0 Å². The van der Waals surface area contributed by atoms with Gasteiger partial charge in [-0.2, -0.15) is 0 Å². The molecule has 0 aliphatic heterocycles. The number of carbonyl (C=O) groups is 2. The molecule has 0 bridgehead atoms. The fourth-order valence-electron chi connectivity index (χ4n) is 6.02. The number of rotatable bonds is 11. The van der Waals surface area contributed by atoms with Crippen LogP contribution >= 0.6 is 15.9 Å². The second kappa shape index (κ2) is 15.0. The second-order valence-corrected chi connectivity index (χ2v) is 12.2. The summed E-state index contributed by atoms with van der Waals surface area (Å²) >= 11 is 3.59. The zero-order valence-corrected chi connectivity index (χ0v) is 25.6. The molecule has 1 unspecified atom stereocenters. The van der Waals surface area contributed by atoms with Gasteiger partial charge >= 0.3 is 0 Å². The van der Waals surface area contributed by atoms with Crippen LogP contribution < -0.4 is 5.32 Å². The Bertz CT molecular complexity index is 1380. The molecule has 5 heteroatoms. The van der Waals surface area contributed by atoms with E-state index in [2.05, 4.69) is 45.5 Å². The van der Waals surface area contributed by atoms with Crippen LogP contribution in [0.25, 0.3) is 0 Å². The molecule has 1 aliphatic rings. The van der Waals surface area contributed by atoms with Crippen molar-refractivity contribution >= 4 is 27.7 Å². The summed E-state index contributed by atoms with van der Waals surface area (Å²) in [6.45, 7) is 0.351. The Balaban J connectivity index is 1.51. The lowest BCUT2D eigenvalue weighted by atomic mass is 9.87. The average Bonchev–Trinajstić information content (AvgIpc) is 3.03. The van der Waals surface area contributed by atoms with Gasteiger partial charge in [0.2, 0.25) is 11.8 Å². The Labute approximate surface area is 258 Å². The van der Waals surface area contributed by atoms with Crippen LogP contribution in [0.3, 0.4) is 0 Å². The Morgan fingerprint density at radius 3 is 1.90 bits per heavy atom. The standard InChI is InChI=1S/C37H39BrN2O2/c38-32-21-13-16-29(24-32)27-40(36(41)26-34(30-17-7-2-8-18-30)31-19-9-3-10-20-31)35(25-28-14-5-1-6-15-28)37(42)39-33-22-11-4-12-23-33/h1-3,5-10,13-21,24,33-35H,4,11-12,22-23,25-27H2,(H,39,42). The van der Waals surface area contributed by atoms with Crippen molar-refractivity contribution < 1.29 is 9.59 Å². The van der Waals surface area contributed by atoms with Gasteiger partial charge in [-0.15, -0.1) is 0 Å². The van der Waals surface area contributed by atoms with Crippen molar-refractivity contribution in [1.82, 2.24) is 10.2 Å². The maximum atomic E-state index is 14.6. The highest BCUT2D eigenvalue weighted by molar-refractivity contribution is 9.10. The van der Waals surface area contributed by atoms with Crippen molar-refractivity contribution in [3.05, 3.63) is 142 Å². The van der Waals surface area contributed by atoms with Crippen LogP contribution in [-0.4, -0.2) is 28.8 Å². The van der Waals surface area contributed by atoms with E-state index in [0.29, 0.717) is 13.0 Å². The van der Waals surface area contributed by atoms with Crippen LogP contribution in [0.1, 0.15) is 66.7 Å². The molecule has 4 nitrogen and oxygen atoms in total. The lowest BCUT2D eigenvalue weighted by Gasteiger charge is -2.34. The largest absolute Gasteiger partial charge is 0.352 e. The smallest absolute Gasteiger partial charge is 0.243 e. The van der Waals surface area contributed by atoms with Gasteiger partial charge in [-0.25, -0.2) is 0 Å². The lowest BCUT2D eigenvalue weighted by molar-refractivity contribution is -0.141. The molecule has 1 N–H and O–H groups in total. The summed E-state index contributed by atoms with van der Waals surface area (Å²) < 4.78 is 0.949. The minimum atomic E-state index is -0.631. The molecule has 0 saturated heterocycles. The van der Waals surface area contributed by atoms with Crippen LogP contribution in [0, 0.1) is 0 Å². The van der Waals surface area contributed by atoms with E-state index >= 15 is 0 Å². The summed E-state index contributed by atoms with van der Waals surface area (Å²) in [5, 5.41) is 3.35. The molecule has 1 atom stereocenters. The summed E-state index contributed by atoms with van der Waals surface area (Å²) in [6.07, 6.45) is 6.19. The first-order chi connectivity index (χ1) is 20.6. The van der Waals surface area contributed by atoms with Gasteiger partial charge in [0.1, 0.15) is 6.04 Å². The summed E-state index contributed by atoms with van der Waals surface area (Å²) in [5.41, 5.74) is 4.20. The maximum absolute atomic E-state index is 14.6. The molecule has 4 aromatic carbocycles. The number of nitrogens with one attached hydrogen (secondary N) is 1. The molecule has 0 radical (unpaired) electrons. The van der Waals surface area contributed by atoms with Gasteiger partial charge in [-0.1, -0.05) is 138 Å². The number of hydrogen-bond acceptors (Lipinski definition) is 2. The van der Waals surface area contributed by atoms with E-state index in [1.807, 2.05) is 95.9 Å².